The summed E-state index contributed by atoms with van der Waals surface area (Å²) in [7, 11) is 1.63. The molecule has 0 aliphatic carbocycles. The zero-order valence-corrected chi connectivity index (χ0v) is 12.0. The molecule has 0 saturated carbocycles. The van der Waals surface area contributed by atoms with Gasteiger partial charge in [0.1, 0.15) is 5.75 Å². The number of carbonyl (C=O) groups is 1. The quantitative estimate of drug-likeness (QED) is 0.684. The van der Waals surface area contributed by atoms with E-state index in [1.807, 2.05) is 43.3 Å². The summed E-state index contributed by atoms with van der Waals surface area (Å²) in [5, 5.41) is 1.89. The fourth-order valence-corrected chi connectivity index (χ4v) is 2.50. The number of hydrogen-bond donors (Lipinski definition) is 0. The first-order valence-corrected chi connectivity index (χ1v) is 6.73. The lowest BCUT2D eigenvalue weighted by atomic mass is 9.97. The Morgan fingerprint density at radius 3 is 2.76 bits per heavy atom. The summed E-state index contributed by atoms with van der Waals surface area (Å²) in [6.07, 6.45) is 3.48. The Kier molecular flexibility index (Phi) is 3.40. The normalized spacial score (nSPS) is 10.6. The molecule has 0 spiro atoms. The number of aromatic nitrogens is 1. The van der Waals surface area contributed by atoms with Gasteiger partial charge in [-0.3, -0.25) is 9.78 Å². The molecule has 3 rings (SSSR count). The third kappa shape index (κ3) is 2.38. The molecule has 0 fully saturated rings. The van der Waals surface area contributed by atoms with Crippen LogP contribution in [0, 0.1) is 6.92 Å². The van der Waals surface area contributed by atoms with Crippen LogP contribution >= 0.6 is 0 Å². The van der Waals surface area contributed by atoms with Crippen molar-refractivity contribution in [2.24, 2.45) is 0 Å². The maximum absolute atomic E-state index is 12.8. The number of rotatable bonds is 3. The van der Waals surface area contributed by atoms with Crippen molar-refractivity contribution in [2.45, 2.75) is 6.92 Å². The third-order valence-electron chi connectivity index (χ3n) is 3.58. The van der Waals surface area contributed by atoms with Crippen LogP contribution < -0.4 is 4.74 Å². The molecule has 0 amide bonds. The number of hydrogen-bond acceptors (Lipinski definition) is 3. The first kappa shape index (κ1) is 13.3. The van der Waals surface area contributed by atoms with Gasteiger partial charge < -0.3 is 4.74 Å². The van der Waals surface area contributed by atoms with Gasteiger partial charge in [0.15, 0.2) is 5.78 Å². The molecule has 0 atom stereocenters. The van der Waals surface area contributed by atoms with Crippen LogP contribution in [0.4, 0.5) is 0 Å². The number of methoxy groups -OCH3 is 1. The van der Waals surface area contributed by atoms with Crippen LogP contribution in [0.3, 0.4) is 0 Å². The second-order valence-electron chi connectivity index (χ2n) is 4.92. The largest absolute Gasteiger partial charge is 0.496 e. The van der Waals surface area contributed by atoms with Gasteiger partial charge in [-0.05, 0) is 42.1 Å². The maximum atomic E-state index is 12.8. The molecule has 3 nitrogen and oxygen atoms in total. The molecule has 0 radical (unpaired) electrons. The summed E-state index contributed by atoms with van der Waals surface area (Å²) in [4.78, 5) is 16.8. The number of carbonyl (C=O) groups excluding carboxylic acids is 1. The van der Waals surface area contributed by atoms with Gasteiger partial charge >= 0.3 is 0 Å². The fourth-order valence-electron chi connectivity index (χ4n) is 2.50. The average Bonchev–Trinajstić information content (AvgIpc) is 2.53. The summed E-state index contributed by atoms with van der Waals surface area (Å²) in [6, 6.07) is 13.1. The van der Waals surface area contributed by atoms with Gasteiger partial charge in [0.05, 0.1) is 7.11 Å². The highest BCUT2D eigenvalue weighted by atomic mass is 16.5. The van der Waals surface area contributed by atoms with Crippen molar-refractivity contribution in [2.75, 3.05) is 7.11 Å². The predicted octanol–water partition coefficient (Wildman–Crippen LogP) is 3.78. The second-order valence-corrected chi connectivity index (χ2v) is 4.92. The molecule has 3 aromatic rings. The van der Waals surface area contributed by atoms with Gasteiger partial charge in [-0.25, -0.2) is 0 Å². The van der Waals surface area contributed by atoms with Gasteiger partial charge in [-0.2, -0.15) is 0 Å². The molecule has 0 unspecified atom stereocenters. The number of pyridine rings is 1. The van der Waals surface area contributed by atoms with Crippen LogP contribution in [0.5, 0.6) is 5.75 Å². The van der Waals surface area contributed by atoms with Crippen molar-refractivity contribution in [1.29, 1.82) is 0 Å². The Morgan fingerprint density at radius 1 is 1.14 bits per heavy atom. The summed E-state index contributed by atoms with van der Waals surface area (Å²) < 4.78 is 5.24. The average molecular weight is 277 g/mol. The fraction of sp³-hybridized carbons (Fsp3) is 0.111. The van der Waals surface area contributed by atoms with Crippen LogP contribution in [-0.4, -0.2) is 17.9 Å². The highest BCUT2D eigenvalue weighted by molar-refractivity contribution is 6.16. The minimum Gasteiger partial charge on any atom is -0.496 e. The zero-order chi connectivity index (χ0) is 14.8. The lowest BCUT2D eigenvalue weighted by Gasteiger charge is -2.08. The molecule has 2 aromatic carbocycles. The Bertz CT molecular complexity index is 819. The van der Waals surface area contributed by atoms with Gasteiger partial charge in [0.25, 0.3) is 0 Å². The second kappa shape index (κ2) is 5.37. The smallest absolute Gasteiger partial charge is 0.193 e. The van der Waals surface area contributed by atoms with E-state index >= 15 is 0 Å². The predicted molar refractivity (Wildman–Crippen MR) is 82.9 cm³/mol. The van der Waals surface area contributed by atoms with Gasteiger partial charge in [-0.1, -0.05) is 18.2 Å². The van der Waals surface area contributed by atoms with Crippen molar-refractivity contribution in [3.05, 3.63) is 71.5 Å². The van der Waals surface area contributed by atoms with E-state index in [4.69, 9.17) is 4.74 Å². The molecular formula is C18H15NO2. The summed E-state index contributed by atoms with van der Waals surface area (Å²) >= 11 is 0. The van der Waals surface area contributed by atoms with Crippen LogP contribution in [-0.2, 0) is 0 Å². The van der Waals surface area contributed by atoms with E-state index in [-0.39, 0.29) is 5.78 Å². The Balaban J connectivity index is 2.10. The van der Waals surface area contributed by atoms with Crippen LogP contribution in [0.25, 0.3) is 10.8 Å². The van der Waals surface area contributed by atoms with E-state index in [9.17, 15) is 4.79 Å². The van der Waals surface area contributed by atoms with Crippen LogP contribution in [0.15, 0.2) is 54.9 Å². The van der Waals surface area contributed by atoms with E-state index in [2.05, 4.69) is 4.98 Å². The first-order valence-electron chi connectivity index (χ1n) is 6.73. The minimum atomic E-state index is 0.0116. The van der Waals surface area contributed by atoms with Crippen molar-refractivity contribution < 1.29 is 9.53 Å². The lowest BCUT2D eigenvalue weighted by molar-refractivity contribution is 0.104. The topological polar surface area (TPSA) is 39.2 Å². The molecule has 0 aliphatic heterocycles. The van der Waals surface area contributed by atoms with Crippen LogP contribution in [0.2, 0.25) is 0 Å². The molecule has 104 valence electrons. The van der Waals surface area contributed by atoms with Crippen molar-refractivity contribution in [1.82, 2.24) is 4.98 Å². The lowest BCUT2D eigenvalue weighted by Crippen LogP contribution is -2.03. The van der Waals surface area contributed by atoms with E-state index in [1.54, 1.807) is 25.6 Å². The van der Waals surface area contributed by atoms with Crippen molar-refractivity contribution in [3.63, 3.8) is 0 Å². The molecular weight excluding hydrogens is 262 g/mol. The number of benzene rings is 2. The summed E-state index contributed by atoms with van der Waals surface area (Å²) in [5.41, 5.74) is 2.31. The molecule has 0 bridgehead atoms. The van der Waals surface area contributed by atoms with Crippen molar-refractivity contribution >= 4 is 16.6 Å². The van der Waals surface area contributed by atoms with Crippen molar-refractivity contribution in [3.8, 4) is 5.75 Å². The Hall–Kier alpha value is -2.68. The molecule has 3 heteroatoms. The van der Waals surface area contributed by atoms with E-state index < -0.39 is 0 Å². The van der Waals surface area contributed by atoms with Gasteiger partial charge in [-0.15, -0.1) is 0 Å². The third-order valence-corrected chi connectivity index (χ3v) is 3.58. The summed E-state index contributed by atoms with van der Waals surface area (Å²) in [5.74, 6) is 0.797. The van der Waals surface area contributed by atoms with Crippen LogP contribution in [0.1, 0.15) is 21.5 Å². The number of ether oxygens (including phenoxy) is 1. The van der Waals surface area contributed by atoms with Gasteiger partial charge in [0.2, 0.25) is 0 Å². The zero-order valence-electron chi connectivity index (χ0n) is 12.0. The molecule has 0 aliphatic rings. The van der Waals surface area contributed by atoms with Gasteiger partial charge in [0, 0.05) is 28.9 Å². The van der Waals surface area contributed by atoms with E-state index in [1.165, 1.54) is 0 Å². The summed E-state index contributed by atoms with van der Waals surface area (Å²) in [6.45, 7) is 1.93. The highest BCUT2D eigenvalue weighted by Gasteiger charge is 2.13. The first-order chi connectivity index (χ1) is 10.2. The number of nitrogens with zero attached hydrogens (tertiary/aromatic N) is 1. The molecule has 21 heavy (non-hydrogen) atoms. The highest BCUT2D eigenvalue weighted by Crippen LogP contribution is 2.24. The molecule has 0 saturated heterocycles. The molecule has 1 heterocycles. The maximum Gasteiger partial charge on any atom is 0.193 e. The Morgan fingerprint density at radius 2 is 2.00 bits per heavy atom. The number of aryl methyl sites for hydroxylation is 1. The molecule has 0 N–H and O–H groups in total. The Labute approximate surface area is 123 Å². The standard InChI is InChI=1S/C18H15NO2/c1-12-10-13(6-7-17(12)21-2)18(20)16-5-3-4-14-11-19-9-8-15(14)16/h3-11H,1-2H3. The van der Waals surface area contributed by atoms with E-state index in [0.29, 0.717) is 11.1 Å². The molecule has 1 aromatic heterocycles. The SMILES string of the molecule is COc1ccc(C(=O)c2cccc3cnccc23)cc1C. The van der Waals surface area contributed by atoms with E-state index in [0.717, 1.165) is 22.1 Å². The monoisotopic (exact) mass is 277 g/mol. The minimum absolute atomic E-state index is 0.0116. The number of fused-ring (bicyclic) bond motifs is 1. The number of ketones is 1.